The van der Waals surface area contributed by atoms with Gasteiger partial charge in [-0.05, 0) is 18.2 Å². The Morgan fingerprint density at radius 3 is 2.92 bits per heavy atom. The number of thioether (sulfide) groups is 1. The minimum atomic E-state index is -0.241. The number of hydrazone groups is 1. The Hall–Kier alpha value is -2.02. The van der Waals surface area contributed by atoms with Crippen molar-refractivity contribution in [2.75, 3.05) is 5.75 Å². The Balaban J connectivity index is 1.54. The van der Waals surface area contributed by atoms with Crippen molar-refractivity contribution >= 4 is 58.1 Å². The number of nitrogens with zero attached hydrogens (tertiary/aromatic N) is 2. The number of hydrogen-bond acceptors (Lipinski definition) is 4. The number of hydrogen-bond donors (Lipinski definition) is 2. The fourth-order valence-electron chi connectivity index (χ4n) is 1.96. The van der Waals surface area contributed by atoms with Crippen LogP contribution in [0.15, 0.2) is 52.7 Å². The van der Waals surface area contributed by atoms with Gasteiger partial charge in [0.05, 0.1) is 33.0 Å². The molecule has 0 bridgehead atoms. The summed E-state index contributed by atoms with van der Waals surface area (Å²) in [5.74, 6) is -0.0460. The highest BCUT2D eigenvalue weighted by Gasteiger charge is 2.06. The van der Waals surface area contributed by atoms with E-state index < -0.39 is 0 Å². The van der Waals surface area contributed by atoms with Crippen LogP contribution >= 0.6 is 35.0 Å². The number of imidazole rings is 1. The van der Waals surface area contributed by atoms with Crippen LogP contribution in [0.5, 0.6) is 0 Å². The van der Waals surface area contributed by atoms with Gasteiger partial charge in [0, 0.05) is 5.56 Å². The minimum absolute atomic E-state index is 0.195. The fourth-order valence-corrected chi connectivity index (χ4v) is 2.99. The van der Waals surface area contributed by atoms with Crippen LogP contribution in [0, 0.1) is 0 Å². The number of halogens is 2. The monoisotopic (exact) mass is 378 g/mol. The van der Waals surface area contributed by atoms with Gasteiger partial charge < -0.3 is 4.98 Å². The minimum Gasteiger partial charge on any atom is -0.333 e. The molecule has 1 heterocycles. The van der Waals surface area contributed by atoms with Crippen LogP contribution in [0.3, 0.4) is 0 Å². The average Bonchev–Trinajstić information content (AvgIpc) is 3.00. The number of amides is 1. The van der Waals surface area contributed by atoms with E-state index in [1.54, 1.807) is 18.2 Å². The van der Waals surface area contributed by atoms with Crippen LogP contribution in [0.25, 0.3) is 11.0 Å². The lowest BCUT2D eigenvalue weighted by Crippen LogP contribution is -2.19. The van der Waals surface area contributed by atoms with Crippen LogP contribution in [-0.4, -0.2) is 27.8 Å². The summed E-state index contributed by atoms with van der Waals surface area (Å²) in [6, 6.07) is 12.9. The van der Waals surface area contributed by atoms with Crippen LogP contribution < -0.4 is 5.43 Å². The molecule has 24 heavy (non-hydrogen) atoms. The van der Waals surface area contributed by atoms with Gasteiger partial charge >= 0.3 is 0 Å². The summed E-state index contributed by atoms with van der Waals surface area (Å²) in [6.07, 6.45) is 1.46. The molecular weight excluding hydrogens is 367 g/mol. The van der Waals surface area contributed by atoms with Crippen molar-refractivity contribution in [2.45, 2.75) is 5.16 Å². The number of H-pyrrole nitrogens is 1. The van der Waals surface area contributed by atoms with Crippen molar-refractivity contribution in [3.63, 3.8) is 0 Å². The molecule has 0 unspecified atom stereocenters. The lowest BCUT2D eigenvalue weighted by molar-refractivity contribution is -0.118. The van der Waals surface area contributed by atoms with Crippen LogP contribution in [0.2, 0.25) is 10.0 Å². The van der Waals surface area contributed by atoms with E-state index in [9.17, 15) is 4.79 Å². The molecule has 0 radical (unpaired) electrons. The molecule has 5 nitrogen and oxygen atoms in total. The SMILES string of the molecule is O=C(CSc1nc2ccccc2[nH]1)N/N=C\c1cccc(Cl)c1Cl. The second-order valence-corrected chi connectivity index (χ2v) is 6.53. The van der Waals surface area contributed by atoms with Gasteiger partial charge in [0.15, 0.2) is 5.16 Å². The highest BCUT2D eigenvalue weighted by Crippen LogP contribution is 2.24. The number of para-hydroxylation sites is 2. The standard InChI is InChI=1S/C16H12Cl2N4OS/c17-11-5-3-4-10(15(11)18)8-19-22-14(23)9-24-16-20-12-6-1-2-7-13(12)21-16/h1-8H,9H2,(H,20,21)(H,22,23)/b19-8-. The maximum absolute atomic E-state index is 11.8. The Morgan fingerprint density at radius 1 is 1.25 bits per heavy atom. The lowest BCUT2D eigenvalue weighted by atomic mass is 10.2. The first kappa shape index (κ1) is 16.8. The first-order valence-corrected chi connectivity index (χ1v) is 8.71. The second-order valence-electron chi connectivity index (χ2n) is 4.78. The van der Waals surface area contributed by atoms with Crippen LogP contribution in [0.1, 0.15) is 5.56 Å². The number of aromatic nitrogens is 2. The van der Waals surface area contributed by atoms with Gasteiger partial charge in [-0.15, -0.1) is 0 Å². The summed E-state index contributed by atoms with van der Waals surface area (Å²) in [5, 5.41) is 5.41. The summed E-state index contributed by atoms with van der Waals surface area (Å²) < 4.78 is 0. The average molecular weight is 379 g/mol. The van der Waals surface area contributed by atoms with E-state index in [1.165, 1.54) is 18.0 Å². The highest BCUT2D eigenvalue weighted by atomic mass is 35.5. The van der Waals surface area contributed by atoms with Crippen molar-refractivity contribution in [3.8, 4) is 0 Å². The van der Waals surface area contributed by atoms with Gasteiger partial charge in [-0.3, -0.25) is 4.79 Å². The van der Waals surface area contributed by atoms with Crippen molar-refractivity contribution in [2.24, 2.45) is 5.10 Å². The van der Waals surface area contributed by atoms with Crippen LogP contribution in [-0.2, 0) is 4.79 Å². The summed E-state index contributed by atoms with van der Waals surface area (Å²) in [4.78, 5) is 19.4. The lowest BCUT2D eigenvalue weighted by Gasteiger charge is -2.00. The molecule has 1 amide bonds. The highest BCUT2D eigenvalue weighted by molar-refractivity contribution is 7.99. The maximum atomic E-state index is 11.8. The van der Waals surface area contributed by atoms with Crippen molar-refractivity contribution in [1.82, 2.24) is 15.4 Å². The van der Waals surface area contributed by atoms with Gasteiger partial charge in [-0.1, -0.05) is 59.2 Å². The molecular formula is C16H12Cl2N4OS. The van der Waals surface area contributed by atoms with Gasteiger partial charge in [0.25, 0.3) is 5.91 Å². The van der Waals surface area contributed by atoms with E-state index in [0.29, 0.717) is 20.8 Å². The number of benzene rings is 2. The number of carbonyl (C=O) groups is 1. The maximum Gasteiger partial charge on any atom is 0.250 e. The van der Waals surface area contributed by atoms with E-state index >= 15 is 0 Å². The topological polar surface area (TPSA) is 70.1 Å². The number of nitrogens with one attached hydrogen (secondary N) is 2. The molecule has 0 aliphatic rings. The molecule has 122 valence electrons. The Kier molecular flexibility index (Phi) is 5.40. The van der Waals surface area contributed by atoms with E-state index in [4.69, 9.17) is 23.2 Å². The smallest absolute Gasteiger partial charge is 0.250 e. The second kappa shape index (κ2) is 7.70. The molecule has 3 aromatic rings. The molecule has 1 aromatic heterocycles. The first-order chi connectivity index (χ1) is 11.6. The molecule has 0 aliphatic heterocycles. The zero-order valence-corrected chi connectivity index (χ0v) is 14.6. The molecule has 0 saturated heterocycles. The normalized spacial score (nSPS) is 11.2. The summed E-state index contributed by atoms with van der Waals surface area (Å²) >= 11 is 13.3. The molecule has 2 aromatic carbocycles. The van der Waals surface area contributed by atoms with Gasteiger partial charge in [-0.2, -0.15) is 5.10 Å². The molecule has 2 N–H and O–H groups in total. The molecule has 0 fully saturated rings. The predicted molar refractivity (Wildman–Crippen MR) is 99.0 cm³/mol. The predicted octanol–water partition coefficient (Wildman–Crippen LogP) is 4.11. The van der Waals surface area contributed by atoms with Crippen LogP contribution in [0.4, 0.5) is 0 Å². The molecule has 8 heteroatoms. The Bertz CT molecular complexity index is 877. The Labute approximate surface area is 152 Å². The summed E-state index contributed by atoms with van der Waals surface area (Å²) in [5.41, 5.74) is 4.89. The van der Waals surface area contributed by atoms with E-state index in [2.05, 4.69) is 20.5 Å². The third kappa shape index (κ3) is 4.08. The van der Waals surface area contributed by atoms with Gasteiger partial charge in [-0.25, -0.2) is 10.4 Å². The van der Waals surface area contributed by atoms with Crippen molar-refractivity contribution < 1.29 is 4.79 Å². The third-order valence-corrected chi connectivity index (χ3v) is 4.79. The van der Waals surface area contributed by atoms with E-state index in [-0.39, 0.29) is 11.7 Å². The molecule has 0 aliphatic carbocycles. The number of fused-ring (bicyclic) bond motifs is 1. The summed E-state index contributed by atoms with van der Waals surface area (Å²) in [7, 11) is 0. The third-order valence-electron chi connectivity index (χ3n) is 3.08. The van der Waals surface area contributed by atoms with Gasteiger partial charge in [0.1, 0.15) is 0 Å². The Morgan fingerprint density at radius 2 is 2.08 bits per heavy atom. The molecule has 3 rings (SSSR count). The number of rotatable bonds is 5. The number of aromatic amines is 1. The largest absolute Gasteiger partial charge is 0.333 e. The van der Waals surface area contributed by atoms with Crippen molar-refractivity contribution in [3.05, 3.63) is 58.1 Å². The fraction of sp³-hybridized carbons (Fsp3) is 0.0625. The molecule has 0 spiro atoms. The number of carbonyl (C=O) groups excluding carboxylic acids is 1. The molecule has 0 saturated carbocycles. The first-order valence-electron chi connectivity index (χ1n) is 6.97. The van der Waals surface area contributed by atoms with E-state index in [1.807, 2.05) is 24.3 Å². The summed E-state index contributed by atoms with van der Waals surface area (Å²) in [6.45, 7) is 0. The quantitative estimate of drug-likeness (QED) is 0.398. The van der Waals surface area contributed by atoms with Gasteiger partial charge in [0.2, 0.25) is 0 Å². The van der Waals surface area contributed by atoms with Crippen molar-refractivity contribution in [1.29, 1.82) is 0 Å². The molecule has 0 atom stereocenters. The zero-order chi connectivity index (χ0) is 16.9. The van der Waals surface area contributed by atoms with E-state index in [0.717, 1.165) is 11.0 Å². The zero-order valence-electron chi connectivity index (χ0n) is 12.3.